The number of carbonyl (C=O) groups is 2. The molecule has 5 nitrogen and oxygen atoms in total. The molecule has 6 heteroatoms. The first-order valence-corrected chi connectivity index (χ1v) is 10.3. The van der Waals surface area contributed by atoms with Gasteiger partial charge in [0.25, 0.3) is 5.91 Å². The third-order valence-corrected chi connectivity index (χ3v) is 5.75. The Kier molecular flexibility index (Phi) is 6.77. The first-order chi connectivity index (χ1) is 14.0. The summed E-state index contributed by atoms with van der Waals surface area (Å²) in [6.07, 6.45) is 1.51. The van der Waals surface area contributed by atoms with Gasteiger partial charge < -0.3 is 14.6 Å². The molecule has 0 unspecified atom stereocenters. The molecule has 0 aliphatic rings. The van der Waals surface area contributed by atoms with Gasteiger partial charge in [-0.1, -0.05) is 30.3 Å². The van der Waals surface area contributed by atoms with Crippen LogP contribution in [-0.2, 0) is 10.5 Å². The number of amides is 2. The van der Waals surface area contributed by atoms with Crippen LogP contribution in [0.5, 0.6) is 0 Å². The van der Waals surface area contributed by atoms with Crippen LogP contribution in [0.4, 0.5) is 5.69 Å². The first-order valence-electron chi connectivity index (χ1n) is 9.31. The molecular weight excluding hydrogens is 384 g/mol. The van der Waals surface area contributed by atoms with E-state index in [-0.39, 0.29) is 24.1 Å². The maximum absolute atomic E-state index is 12.8. The van der Waals surface area contributed by atoms with Crippen molar-refractivity contribution < 1.29 is 14.0 Å². The van der Waals surface area contributed by atoms with Gasteiger partial charge in [-0.15, -0.1) is 11.8 Å². The summed E-state index contributed by atoms with van der Waals surface area (Å²) in [4.78, 5) is 27.7. The van der Waals surface area contributed by atoms with Crippen LogP contribution in [0.2, 0.25) is 0 Å². The van der Waals surface area contributed by atoms with Crippen LogP contribution in [0.1, 0.15) is 27.2 Å². The number of nitrogens with one attached hydrogen (secondary N) is 1. The van der Waals surface area contributed by atoms with Gasteiger partial charge in [-0.25, -0.2) is 0 Å². The van der Waals surface area contributed by atoms with Gasteiger partial charge in [0, 0.05) is 28.9 Å². The molecular formula is C23H24N2O3S. The van der Waals surface area contributed by atoms with Crippen molar-refractivity contribution in [1.82, 2.24) is 4.90 Å². The Balaban J connectivity index is 1.61. The van der Waals surface area contributed by atoms with Crippen molar-refractivity contribution in [2.75, 3.05) is 18.9 Å². The monoisotopic (exact) mass is 408 g/mol. The Hall–Kier alpha value is -2.99. The number of furan rings is 1. The smallest absolute Gasteiger partial charge is 0.290 e. The molecule has 1 heterocycles. The number of benzene rings is 2. The number of thioether (sulfide) groups is 1. The predicted octanol–water partition coefficient (Wildman–Crippen LogP) is 4.90. The zero-order valence-electron chi connectivity index (χ0n) is 16.8. The van der Waals surface area contributed by atoms with Crippen LogP contribution >= 0.6 is 11.8 Å². The molecule has 0 aliphatic carbocycles. The fourth-order valence-electron chi connectivity index (χ4n) is 2.85. The van der Waals surface area contributed by atoms with Crippen molar-refractivity contribution in [3.8, 4) is 0 Å². The van der Waals surface area contributed by atoms with E-state index in [2.05, 4.69) is 5.32 Å². The van der Waals surface area contributed by atoms with E-state index in [0.717, 1.165) is 27.3 Å². The summed E-state index contributed by atoms with van der Waals surface area (Å²) in [6, 6.07) is 17.5. The quantitative estimate of drug-likeness (QED) is 0.565. The summed E-state index contributed by atoms with van der Waals surface area (Å²) in [7, 11) is 1.60. The number of aryl methyl sites for hydroxylation is 1. The second kappa shape index (κ2) is 9.47. The van der Waals surface area contributed by atoms with Crippen molar-refractivity contribution >= 4 is 29.3 Å². The molecule has 0 saturated heterocycles. The highest BCUT2D eigenvalue weighted by Crippen LogP contribution is 2.25. The molecule has 2 aromatic carbocycles. The number of anilines is 1. The normalized spacial score (nSPS) is 10.6. The van der Waals surface area contributed by atoms with Crippen molar-refractivity contribution in [3.63, 3.8) is 0 Å². The maximum Gasteiger partial charge on any atom is 0.290 e. The van der Waals surface area contributed by atoms with Crippen molar-refractivity contribution in [2.24, 2.45) is 0 Å². The van der Waals surface area contributed by atoms with Crippen LogP contribution in [0.3, 0.4) is 0 Å². The molecule has 0 saturated carbocycles. The topological polar surface area (TPSA) is 62.6 Å². The third kappa shape index (κ3) is 5.29. The zero-order chi connectivity index (χ0) is 20.8. The highest BCUT2D eigenvalue weighted by Gasteiger charge is 2.21. The molecule has 3 rings (SSSR count). The van der Waals surface area contributed by atoms with Gasteiger partial charge in [-0.05, 0) is 49.2 Å². The lowest BCUT2D eigenvalue weighted by molar-refractivity contribution is -0.116. The van der Waals surface area contributed by atoms with Crippen LogP contribution in [0, 0.1) is 13.8 Å². The van der Waals surface area contributed by atoms with Gasteiger partial charge in [-0.3, -0.25) is 9.59 Å². The first kappa shape index (κ1) is 20.7. The van der Waals surface area contributed by atoms with Gasteiger partial charge >= 0.3 is 0 Å². The minimum Gasteiger partial charge on any atom is -0.459 e. The van der Waals surface area contributed by atoms with E-state index in [4.69, 9.17) is 4.42 Å². The highest BCUT2D eigenvalue weighted by molar-refractivity contribution is 7.98. The molecule has 0 bridgehead atoms. The molecule has 0 spiro atoms. The summed E-state index contributed by atoms with van der Waals surface area (Å²) in [5.41, 5.74) is 3.68. The number of hydrogen-bond donors (Lipinski definition) is 1. The minimum atomic E-state index is -0.310. The Morgan fingerprint density at radius 2 is 1.79 bits per heavy atom. The van der Waals surface area contributed by atoms with E-state index in [0.29, 0.717) is 5.75 Å². The van der Waals surface area contributed by atoms with E-state index in [1.807, 2.05) is 62.4 Å². The lowest BCUT2D eigenvalue weighted by atomic mass is 10.1. The van der Waals surface area contributed by atoms with Crippen LogP contribution in [0.15, 0.2) is 70.2 Å². The molecule has 29 heavy (non-hydrogen) atoms. The van der Waals surface area contributed by atoms with Crippen LogP contribution < -0.4 is 5.32 Å². The SMILES string of the molecule is Cc1cccc(NC(=O)CN(C)C(=O)c2occc2CSc2ccccc2)c1C. The molecule has 2 amide bonds. The van der Waals surface area contributed by atoms with Gasteiger partial charge in [0.2, 0.25) is 5.91 Å². The molecule has 0 aliphatic heterocycles. The summed E-state index contributed by atoms with van der Waals surface area (Å²) in [6.45, 7) is 3.89. The van der Waals surface area contributed by atoms with E-state index in [1.54, 1.807) is 24.9 Å². The Morgan fingerprint density at radius 3 is 2.55 bits per heavy atom. The highest BCUT2D eigenvalue weighted by atomic mass is 32.2. The number of hydrogen-bond acceptors (Lipinski definition) is 4. The Morgan fingerprint density at radius 1 is 1.03 bits per heavy atom. The summed E-state index contributed by atoms with van der Waals surface area (Å²) < 4.78 is 5.43. The lowest BCUT2D eigenvalue weighted by Gasteiger charge is -2.17. The summed E-state index contributed by atoms with van der Waals surface area (Å²) in [5, 5.41) is 2.88. The number of carbonyl (C=O) groups excluding carboxylic acids is 2. The van der Waals surface area contributed by atoms with E-state index < -0.39 is 0 Å². The van der Waals surface area contributed by atoms with Gasteiger partial charge in [0.15, 0.2) is 5.76 Å². The summed E-state index contributed by atoms with van der Waals surface area (Å²) >= 11 is 1.63. The van der Waals surface area contributed by atoms with Gasteiger partial charge in [0.1, 0.15) is 0 Å². The molecule has 150 valence electrons. The summed E-state index contributed by atoms with van der Waals surface area (Å²) in [5.74, 6) is 0.330. The molecule has 1 N–H and O–H groups in total. The predicted molar refractivity (Wildman–Crippen MR) is 116 cm³/mol. The molecule has 3 aromatic rings. The van der Waals surface area contributed by atoms with Gasteiger partial charge in [-0.2, -0.15) is 0 Å². The van der Waals surface area contributed by atoms with Crippen molar-refractivity contribution in [3.05, 3.63) is 83.3 Å². The second-order valence-corrected chi connectivity index (χ2v) is 7.88. The standard InChI is InChI=1S/C23H24N2O3S/c1-16-8-7-11-20(17(16)2)24-21(26)14-25(3)23(27)22-18(12-13-28-22)15-29-19-9-5-4-6-10-19/h4-13H,14-15H2,1-3H3,(H,24,26). The van der Waals surface area contributed by atoms with Crippen molar-refractivity contribution in [1.29, 1.82) is 0 Å². The van der Waals surface area contributed by atoms with E-state index >= 15 is 0 Å². The Bertz CT molecular complexity index is 998. The fraction of sp³-hybridized carbons (Fsp3) is 0.217. The van der Waals surface area contributed by atoms with Gasteiger partial charge in [0.05, 0.1) is 12.8 Å². The number of likely N-dealkylation sites (N-methyl/N-ethyl adjacent to an activating group) is 1. The van der Waals surface area contributed by atoms with E-state index in [9.17, 15) is 9.59 Å². The lowest BCUT2D eigenvalue weighted by Crippen LogP contribution is -2.35. The van der Waals surface area contributed by atoms with E-state index in [1.165, 1.54) is 11.2 Å². The third-order valence-electron chi connectivity index (χ3n) is 4.68. The largest absolute Gasteiger partial charge is 0.459 e. The minimum absolute atomic E-state index is 0.0574. The maximum atomic E-state index is 12.8. The average Bonchev–Trinajstić information content (AvgIpc) is 3.18. The average molecular weight is 409 g/mol. The zero-order valence-corrected chi connectivity index (χ0v) is 17.6. The molecule has 0 atom stereocenters. The number of nitrogens with zero attached hydrogens (tertiary/aromatic N) is 1. The molecule has 0 radical (unpaired) electrons. The molecule has 1 aromatic heterocycles. The fourth-order valence-corrected chi connectivity index (χ4v) is 3.75. The Labute approximate surface area is 175 Å². The second-order valence-electron chi connectivity index (χ2n) is 6.83. The molecule has 0 fully saturated rings. The van der Waals surface area contributed by atoms with Crippen molar-refractivity contribution in [2.45, 2.75) is 24.5 Å². The van der Waals surface area contributed by atoms with Crippen LogP contribution in [-0.4, -0.2) is 30.3 Å². The number of rotatable bonds is 7. The van der Waals surface area contributed by atoms with Crippen LogP contribution in [0.25, 0.3) is 0 Å².